The van der Waals surface area contributed by atoms with Gasteiger partial charge in [0.1, 0.15) is 5.82 Å². The van der Waals surface area contributed by atoms with Crippen LogP contribution in [0.15, 0.2) is 28.7 Å². The number of aromatic nitrogens is 2. The van der Waals surface area contributed by atoms with E-state index in [0.29, 0.717) is 10.0 Å². The lowest BCUT2D eigenvalue weighted by Gasteiger charge is -2.07. The van der Waals surface area contributed by atoms with Crippen LogP contribution in [0.25, 0.3) is 11.1 Å². The minimum absolute atomic E-state index is 0.0135. The van der Waals surface area contributed by atoms with Gasteiger partial charge in [-0.15, -0.1) is 0 Å². The molecule has 0 aliphatic carbocycles. The van der Waals surface area contributed by atoms with Gasteiger partial charge in [0.05, 0.1) is 5.56 Å². The summed E-state index contributed by atoms with van der Waals surface area (Å²) in [6, 6.07) is 6.51. The molecule has 2 aromatic rings. The second kappa shape index (κ2) is 4.31. The zero-order valence-electron chi connectivity index (χ0n) is 9.29. The second-order valence-corrected chi connectivity index (χ2v) is 4.66. The molecule has 2 N–H and O–H groups in total. The van der Waals surface area contributed by atoms with Crippen LogP contribution in [0, 0.1) is 0 Å². The van der Waals surface area contributed by atoms with Gasteiger partial charge in [0, 0.05) is 11.5 Å². The number of nitrogen functional groups attached to an aromatic ring is 1. The van der Waals surface area contributed by atoms with Crippen LogP contribution in [0.2, 0.25) is 0 Å². The first-order valence-corrected chi connectivity index (χ1v) is 5.75. The fraction of sp³-hybridized carbons (Fsp3) is 0.182. The Morgan fingerprint density at radius 1 is 1.33 bits per heavy atom. The molecule has 1 aromatic carbocycles. The Bertz CT molecular complexity index is 590. The lowest BCUT2D eigenvalue weighted by atomic mass is 10.1. The minimum atomic E-state index is -4.53. The van der Waals surface area contributed by atoms with Crippen molar-refractivity contribution in [3.8, 4) is 11.1 Å². The third-order valence-electron chi connectivity index (χ3n) is 2.47. The molecule has 18 heavy (non-hydrogen) atoms. The van der Waals surface area contributed by atoms with Crippen molar-refractivity contribution in [1.82, 2.24) is 9.78 Å². The molecule has 0 unspecified atom stereocenters. The molecule has 0 saturated heterocycles. The number of alkyl halides is 3. The standard InChI is InChI=1S/C11H9BrF3N3/c1-18-10(16)8(9(17-18)11(13,14)15)6-3-2-4-7(12)5-6/h2-5H,16H2,1H3. The van der Waals surface area contributed by atoms with E-state index in [1.807, 2.05) is 0 Å². The van der Waals surface area contributed by atoms with Crippen LogP contribution < -0.4 is 5.73 Å². The van der Waals surface area contributed by atoms with Crippen molar-refractivity contribution in [1.29, 1.82) is 0 Å². The predicted octanol–water partition coefficient (Wildman–Crippen LogP) is 3.45. The van der Waals surface area contributed by atoms with Gasteiger partial charge in [-0.25, -0.2) is 0 Å². The Morgan fingerprint density at radius 2 is 2.00 bits per heavy atom. The number of nitrogens with zero attached hydrogens (tertiary/aromatic N) is 2. The number of hydrogen-bond donors (Lipinski definition) is 1. The van der Waals surface area contributed by atoms with Crippen molar-refractivity contribution in [3.63, 3.8) is 0 Å². The molecular weight excluding hydrogens is 311 g/mol. The summed E-state index contributed by atoms with van der Waals surface area (Å²) in [6.45, 7) is 0. The van der Waals surface area contributed by atoms with Crippen LogP contribution >= 0.6 is 15.9 Å². The third-order valence-corrected chi connectivity index (χ3v) is 2.97. The molecule has 1 aromatic heterocycles. The Morgan fingerprint density at radius 3 is 2.56 bits per heavy atom. The third kappa shape index (κ3) is 2.22. The second-order valence-electron chi connectivity index (χ2n) is 3.74. The van der Waals surface area contributed by atoms with E-state index in [-0.39, 0.29) is 11.4 Å². The number of nitrogens with two attached hydrogens (primary N) is 1. The van der Waals surface area contributed by atoms with Crippen LogP contribution in [0.4, 0.5) is 19.0 Å². The van der Waals surface area contributed by atoms with Crippen molar-refractivity contribution in [2.75, 3.05) is 5.73 Å². The zero-order valence-corrected chi connectivity index (χ0v) is 10.9. The van der Waals surface area contributed by atoms with Crippen LogP contribution in [0.5, 0.6) is 0 Å². The molecular formula is C11H9BrF3N3. The van der Waals surface area contributed by atoms with Crippen molar-refractivity contribution in [3.05, 3.63) is 34.4 Å². The normalized spacial score (nSPS) is 11.8. The van der Waals surface area contributed by atoms with Gasteiger partial charge >= 0.3 is 6.18 Å². The summed E-state index contributed by atoms with van der Waals surface area (Å²) in [5.41, 5.74) is 4.98. The molecule has 0 spiro atoms. The van der Waals surface area contributed by atoms with Gasteiger partial charge in [0.15, 0.2) is 5.69 Å². The maximum Gasteiger partial charge on any atom is 0.435 e. The van der Waals surface area contributed by atoms with E-state index in [0.717, 1.165) is 4.68 Å². The molecule has 3 nitrogen and oxygen atoms in total. The molecule has 0 amide bonds. The molecule has 0 saturated carbocycles. The summed E-state index contributed by atoms with van der Waals surface area (Å²) in [6.07, 6.45) is -4.53. The summed E-state index contributed by atoms with van der Waals surface area (Å²) in [4.78, 5) is 0. The van der Waals surface area contributed by atoms with Crippen LogP contribution in [-0.4, -0.2) is 9.78 Å². The lowest BCUT2D eigenvalue weighted by molar-refractivity contribution is -0.140. The molecule has 0 aliphatic rings. The van der Waals surface area contributed by atoms with E-state index in [2.05, 4.69) is 21.0 Å². The highest BCUT2D eigenvalue weighted by Gasteiger charge is 2.38. The van der Waals surface area contributed by atoms with Crippen LogP contribution in [0.3, 0.4) is 0 Å². The molecule has 0 radical (unpaired) electrons. The Hall–Kier alpha value is -1.50. The Kier molecular flexibility index (Phi) is 3.10. The highest BCUT2D eigenvalue weighted by atomic mass is 79.9. The summed E-state index contributed by atoms with van der Waals surface area (Å²) in [5, 5.41) is 3.44. The van der Waals surface area contributed by atoms with Gasteiger partial charge in [-0.1, -0.05) is 28.1 Å². The maximum atomic E-state index is 12.9. The van der Waals surface area contributed by atoms with E-state index in [9.17, 15) is 13.2 Å². The summed E-state index contributed by atoms with van der Waals surface area (Å²) in [5.74, 6) is -0.0135. The van der Waals surface area contributed by atoms with Crippen LogP contribution in [-0.2, 0) is 13.2 Å². The number of benzene rings is 1. The fourth-order valence-electron chi connectivity index (χ4n) is 1.66. The monoisotopic (exact) mass is 319 g/mol. The molecule has 96 valence electrons. The first-order valence-electron chi connectivity index (χ1n) is 4.96. The topological polar surface area (TPSA) is 43.8 Å². The molecule has 2 rings (SSSR count). The van der Waals surface area contributed by atoms with Gasteiger partial charge in [-0.3, -0.25) is 4.68 Å². The lowest BCUT2D eigenvalue weighted by Crippen LogP contribution is -2.08. The van der Waals surface area contributed by atoms with Gasteiger partial charge in [0.2, 0.25) is 0 Å². The summed E-state index contributed by atoms with van der Waals surface area (Å²) >= 11 is 3.22. The van der Waals surface area contributed by atoms with Crippen molar-refractivity contribution in [2.24, 2.45) is 7.05 Å². The first-order chi connectivity index (χ1) is 8.30. The number of rotatable bonds is 1. The molecule has 1 heterocycles. The maximum absolute atomic E-state index is 12.9. The molecule has 0 fully saturated rings. The van der Waals surface area contributed by atoms with Gasteiger partial charge in [-0.2, -0.15) is 18.3 Å². The van der Waals surface area contributed by atoms with E-state index in [4.69, 9.17) is 5.73 Å². The quantitative estimate of drug-likeness (QED) is 0.875. The van der Waals surface area contributed by atoms with Crippen molar-refractivity contribution >= 4 is 21.7 Å². The van der Waals surface area contributed by atoms with E-state index < -0.39 is 11.9 Å². The number of hydrogen-bond acceptors (Lipinski definition) is 2. The number of aryl methyl sites for hydroxylation is 1. The largest absolute Gasteiger partial charge is 0.435 e. The Labute approximate surface area is 110 Å². The summed E-state index contributed by atoms with van der Waals surface area (Å²) < 4.78 is 40.4. The Balaban J connectivity index is 2.70. The number of halogens is 4. The first kappa shape index (κ1) is 12.9. The SMILES string of the molecule is Cn1nc(C(F)(F)F)c(-c2cccc(Br)c2)c1N. The van der Waals surface area contributed by atoms with E-state index in [1.54, 1.807) is 24.3 Å². The van der Waals surface area contributed by atoms with Gasteiger partial charge < -0.3 is 5.73 Å². The van der Waals surface area contributed by atoms with Gasteiger partial charge in [0.25, 0.3) is 0 Å². The smallest absolute Gasteiger partial charge is 0.383 e. The molecule has 0 atom stereocenters. The highest BCUT2D eigenvalue weighted by Crippen LogP contribution is 2.39. The molecule has 0 aliphatic heterocycles. The average Bonchev–Trinajstić information content (AvgIpc) is 2.55. The van der Waals surface area contributed by atoms with Crippen molar-refractivity contribution < 1.29 is 13.2 Å². The van der Waals surface area contributed by atoms with Gasteiger partial charge in [-0.05, 0) is 17.7 Å². The number of anilines is 1. The van der Waals surface area contributed by atoms with Crippen LogP contribution in [0.1, 0.15) is 5.69 Å². The van der Waals surface area contributed by atoms with Crippen molar-refractivity contribution in [2.45, 2.75) is 6.18 Å². The summed E-state index contributed by atoms with van der Waals surface area (Å²) in [7, 11) is 1.38. The zero-order chi connectivity index (χ0) is 13.5. The van der Waals surface area contributed by atoms with E-state index in [1.165, 1.54) is 7.05 Å². The fourth-order valence-corrected chi connectivity index (χ4v) is 2.06. The highest BCUT2D eigenvalue weighted by molar-refractivity contribution is 9.10. The minimum Gasteiger partial charge on any atom is -0.383 e. The predicted molar refractivity (Wildman–Crippen MR) is 65.8 cm³/mol. The average molecular weight is 320 g/mol. The molecule has 7 heteroatoms. The van der Waals surface area contributed by atoms with E-state index >= 15 is 0 Å². The molecule has 0 bridgehead atoms.